The van der Waals surface area contributed by atoms with Crippen molar-refractivity contribution < 1.29 is 34.9 Å². The van der Waals surface area contributed by atoms with Crippen molar-refractivity contribution >= 4 is 34.3 Å². The Morgan fingerprint density at radius 3 is 2.14 bits per heavy atom. The molecule has 274 valence electrons. The highest BCUT2D eigenvalue weighted by Crippen LogP contribution is 2.64. The molecule has 3 aromatic rings. The summed E-state index contributed by atoms with van der Waals surface area (Å²) in [5, 5.41) is -0.0749. The molecule has 3 aromatic carbocycles. The molecule has 0 aromatic heterocycles. The first-order valence-electron chi connectivity index (χ1n) is 17.1. The van der Waals surface area contributed by atoms with Crippen molar-refractivity contribution in [3.05, 3.63) is 101 Å². The van der Waals surface area contributed by atoms with Crippen molar-refractivity contribution in [1.82, 2.24) is 4.72 Å². The Labute approximate surface area is 303 Å². The Bertz CT molecular complexity index is 2110. The van der Waals surface area contributed by atoms with Crippen LogP contribution in [0.3, 0.4) is 0 Å². The lowest BCUT2D eigenvalue weighted by Crippen LogP contribution is -2.48. The van der Waals surface area contributed by atoms with Gasteiger partial charge in [-0.3, -0.25) is 8.91 Å². The molecule has 2 bridgehead atoms. The summed E-state index contributed by atoms with van der Waals surface area (Å²) in [5.41, 5.74) is 1.99. The van der Waals surface area contributed by atoms with Gasteiger partial charge >= 0.3 is 0 Å². The Balaban J connectivity index is 1.42. The molecule has 2 aliphatic heterocycles. The van der Waals surface area contributed by atoms with Crippen LogP contribution in [-0.4, -0.2) is 56.0 Å². The van der Waals surface area contributed by atoms with Gasteiger partial charge in [0, 0.05) is 17.9 Å². The van der Waals surface area contributed by atoms with E-state index in [1.54, 1.807) is 31.4 Å². The first-order valence-corrected chi connectivity index (χ1v) is 22.9. The van der Waals surface area contributed by atoms with Crippen molar-refractivity contribution in [2.45, 2.75) is 106 Å². The Hall–Kier alpha value is -3.33. The van der Waals surface area contributed by atoms with Gasteiger partial charge in [-0.1, -0.05) is 68.3 Å². The van der Waals surface area contributed by atoms with Gasteiger partial charge in [0.1, 0.15) is 11.6 Å². The molecule has 0 amide bonds. The molecule has 3 aliphatic rings. The largest absolute Gasteiger partial charge is 0.496 e. The van der Waals surface area contributed by atoms with E-state index >= 15 is 0 Å². The first kappa shape index (κ1) is 37.4. The number of rotatable bonds is 10. The van der Waals surface area contributed by atoms with Gasteiger partial charge in [-0.25, -0.2) is 13.4 Å². The highest BCUT2D eigenvalue weighted by molar-refractivity contribution is 7.90. The van der Waals surface area contributed by atoms with Crippen LogP contribution in [0, 0.1) is 13.8 Å². The van der Waals surface area contributed by atoms with Gasteiger partial charge in [-0.15, -0.1) is 0 Å². The number of nitrogens with zero attached hydrogens (tertiary/aromatic N) is 1. The fraction of sp³-hybridized carbons (Fsp3) is 0.447. The number of methoxy groups -OCH3 is 1. The normalized spacial score (nSPS) is 24.6. The van der Waals surface area contributed by atoms with Crippen LogP contribution in [0.1, 0.15) is 74.8 Å². The number of hydrogen-bond donors (Lipinski definition) is 1. The van der Waals surface area contributed by atoms with Crippen LogP contribution < -0.4 is 9.46 Å². The summed E-state index contributed by atoms with van der Waals surface area (Å²) in [7, 11) is -8.86. The SMILES string of the molecule is COc1cccc2c1[C@@H]1C[C@@](C)(O[C@@]13C=C(CCOS(=O)(=O)c1ccc(C)cc1)C(NS(=O)(=O)c1ccc(C)cc1)=N3)[C@@H]2O[Si](C)(C)C(C)(C)C. The van der Waals surface area contributed by atoms with Crippen LogP contribution >= 0.6 is 0 Å². The molecule has 51 heavy (non-hydrogen) atoms. The number of ether oxygens (including phenoxy) is 2. The maximum atomic E-state index is 13.8. The van der Waals surface area contributed by atoms with E-state index in [0.29, 0.717) is 17.7 Å². The van der Waals surface area contributed by atoms with Gasteiger partial charge in [0.2, 0.25) is 0 Å². The molecule has 1 N–H and O–H groups in total. The highest BCUT2D eigenvalue weighted by Gasteiger charge is 2.64. The molecule has 6 rings (SSSR count). The zero-order chi connectivity index (χ0) is 37.2. The summed E-state index contributed by atoms with van der Waals surface area (Å²) < 4.78 is 82.0. The molecular formula is C38H48N2O8S2Si. The molecule has 0 radical (unpaired) electrons. The van der Waals surface area contributed by atoms with Gasteiger partial charge in [0.15, 0.2) is 14.0 Å². The minimum atomic E-state index is -4.08. The summed E-state index contributed by atoms with van der Waals surface area (Å²) in [4.78, 5) is 5.17. The molecule has 13 heteroatoms. The summed E-state index contributed by atoms with van der Waals surface area (Å²) in [6, 6.07) is 18.8. The molecule has 0 unspecified atom stereocenters. The molecule has 1 spiro atoms. The zero-order valence-corrected chi connectivity index (χ0v) is 33.4. The number of aryl methyl sites for hydroxylation is 2. The number of amidine groups is 1. The molecule has 1 fully saturated rings. The average Bonchev–Trinajstić information content (AvgIpc) is 3.50. The number of aliphatic imine (C=N–C) groups is 1. The van der Waals surface area contributed by atoms with Crippen molar-refractivity contribution in [2.24, 2.45) is 4.99 Å². The molecule has 1 saturated heterocycles. The summed E-state index contributed by atoms with van der Waals surface area (Å²) in [6.45, 7) is 16.5. The van der Waals surface area contributed by atoms with E-state index in [1.807, 2.05) is 39.0 Å². The summed E-state index contributed by atoms with van der Waals surface area (Å²) >= 11 is 0. The molecule has 1 aliphatic carbocycles. The predicted molar refractivity (Wildman–Crippen MR) is 200 cm³/mol. The molecule has 4 atom stereocenters. The smallest absolute Gasteiger partial charge is 0.296 e. The van der Waals surface area contributed by atoms with E-state index in [1.165, 1.54) is 24.3 Å². The number of fused-ring (bicyclic) bond motifs is 5. The maximum absolute atomic E-state index is 13.8. The van der Waals surface area contributed by atoms with Crippen molar-refractivity contribution in [3.8, 4) is 5.75 Å². The van der Waals surface area contributed by atoms with Crippen molar-refractivity contribution in [1.29, 1.82) is 0 Å². The van der Waals surface area contributed by atoms with Gasteiger partial charge in [-0.05, 0) is 92.9 Å². The van der Waals surface area contributed by atoms with Crippen LogP contribution in [0.15, 0.2) is 93.2 Å². The third-order valence-electron chi connectivity index (χ3n) is 10.7. The van der Waals surface area contributed by atoms with E-state index in [2.05, 4.69) is 44.7 Å². The number of sulfonamides is 1. The fourth-order valence-electron chi connectivity index (χ4n) is 6.88. The molecule has 2 heterocycles. The summed E-state index contributed by atoms with van der Waals surface area (Å²) in [5.74, 6) is 0.377. The maximum Gasteiger partial charge on any atom is 0.296 e. The second-order valence-electron chi connectivity index (χ2n) is 15.5. The summed E-state index contributed by atoms with van der Waals surface area (Å²) in [6.07, 6.45) is 1.95. The zero-order valence-electron chi connectivity index (χ0n) is 30.7. The van der Waals surface area contributed by atoms with E-state index in [-0.39, 0.29) is 39.6 Å². The van der Waals surface area contributed by atoms with E-state index in [0.717, 1.165) is 22.3 Å². The van der Waals surface area contributed by atoms with Crippen LogP contribution in [0.2, 0.25) is 18.1 Å². The van der Waals surface area contributed by atoms with Crippen molar-refractivity contribution in [2.75, 3.05) is 13.7 Å². The van der Waals surface area contributed by atoms with Gasteiger partial charge in [-0.2, -0.15) is 8.42 Å². The third-order valence-corrected chi connectivity index (χ3v) is 17.8. The topological polar surface area (TPSA) is 130 Å². The lowest BCUT2D eigenvalue weighted by atomic mass is 9.72. The minimum Gasteiger partial charge on any atom is -0.496 e. The molecular weight excluding hydrogens is 705 g/mol. The second kappa shape index (κ2) is 13.0. The fourth-order valence-corrected chi connectivity index (χ4v) is 10.2. The number of hydrogen-bond acceptors (Lipinski definition) is 9. The number of benzene rings is 3. The Kier molecular flexibility index (Phi) is 9.51. The first-order chi connectivity index (χ1) is 23.7. The lowest BCUT2D eigenvalue weighted by molar-refractivity contribution is -0.121. The van der Waals surface area contributed by atoms with E-state index < -0.39 is 45.9 Å². The monoisotopic (exact) mass is 752 g/mol. The van der Waals surface area contributed by atoms with Crippen LogP contribution in [-0.2, 0) is 33.5 Å². The Morgan fingerprint density at radius 1 is 0.941 bits per heavy atom. The van der Waals surface area contributed by atoms with E-state index in [4.69, 9.17) is 23.1 Å². The average molecular weight is 753 g/mol. The van der Waals surface area contributed by atoms with E-state index in [9.17, 15) is 16.8 Å². The van der Waals surface area contributed by atoms with Crippen LogP contribution in [0.5, 0.6) is 5.75 Å². The quantitative estimate of drug-likeness (QED) is 0.167. The third kappa shape index (κ3) is 6.96. The van der Waals surface area contributed by atoms with Crippen LogP contribution in [0.4, 0.5) is 0 Å². The minimum absolute atomic E-state index is 0.0382. The number of nitrogens with one attached hydrogen (secondary N) is 1. The second-order valence-corrected chi connectivity index (χ2v) is 23.6. The predicted octanol–water partition coefficient (Wildman–Crippen LogP) is 7.46. The van der Waals surface area contributed by atoms with Crippen LogP contribution in [0.25, 0.3) is 0 Å². The van der Waals surface area contributed by atoms with Gasteiger partial charge in [0.25, 0.3) is 20.1 Å². The lowest BCUT2D eigenvalue weighted by Gasteiger charge is -2.45. The van der Waals surface area contributed by atoms with Gasteiger partial charge < -0.3 is 13.9 Å². The molecule has 0 saturated carbocycles. The standard InChI is InChI=1S/C38H48N2O8S2Si/c1-25-13-17-28(18-14-25)49(41,42)40-35-27(21-22-46-50(43,44)29-19-15-26(2)16-20-29)23-38(39-35)31-24-37(6,48-38)34(47-51(8,9)36(3,4)5)30-11-10-12-32(45-7)33(30)31/h10-20,23,31,34H,21-22,24H2,1-9H3,(H,39,40)/t31-,34+,37+,38-/m0/s1. The Morgan fingerprint density at radius 2 is 1.55 bits per heavy atom. The van der Waals surface area contributed by atoms with Crippen molar-refractivity contribution in [3.63, 3.8) is 0 Å². The molecule has 10 nitrogen and oxygen atoms in total. The van der Waals surface area contributed by atoms with Gasteiger partial charge in [0.05, 0.1) is 35.2 Å². The highest BCUT2D eigenvalue weighted by atomic mass is 32.2.